The van der Waals surface area contributed by atoms with Gasteiger partial charge in [0.05, 0.1) is 0 Å². The Morgan fingerprint density at radius 3 is 3.00 bits per heavy atom. The van der Waals surface area contributed by atoms with Crippen LogP contribution < -0.4 is 5.32 Å². The van der Waals surface area contributed by atoms with Crippen LogP contribution in [0.3, 0.4) is 0 Å². The molecule has 1 aromatic carbocycles. The van der Waals surface area contributed by atoms with Crippen LogP contribution in [0, 0.1) is 6.92 Å². The Morgan fingerprint density at radius 2 is 2.40 bits per heavy atom. The first-order chi connectivity index (χ1) is 7.13. The van der Waals surface area contributed by atoms with Crippen LogP contribution in [0.2, 0.25) is 5.02 Å². The molecule has 1 N–H and O–H groups in total. The summed E-state index contributed by atoms with van der Waals surface area (Å²) in [4.78, 5) is 13.7. The molecule has 0 aliphatic carbocycles. The van der Waals surface area contributed by atoms with Crippen molar-refractivity contribution in [1.29, 1.82) is 0 Å². The molecule has 0 aliphatic heterocycles. The number of rotatable bonds is 3. The highest BCUT2D eigenvalue weighted by Crippen LogP contribution is 2.19. The van der Waals surface area contributed by atoms with Gasteiger partial charge in [-0.05, 0) is 36.2 Å². The number of anilines is 1. The van der Waals surface area contributed by atoms with Gasteiger partial charge in [0.2, 0.25) is 5.91 Å². The molecule has 0 unspecified atom stereocenters. The summed E-state index contributed by atoms with van der Waals surface area (Å²) in [5.41, 5.74) is 9.56. The van der Waals surface area contributed by atoms with Crippen molar-refractivity contribution in [2.24, 2.45) is 5.11 Å². The molecule has 0 saturated heterocycles. The molecule has 0 fully saturated rings. The zero-order valence-electron chi connectivity index (χ0n) is 8.07. The first kappa shape index (κ1) is 11.4. The number of hydrogen-bond acceptors (Lipinski definition) is 2. The summed E-state index contributed by atoms with van der Waals surface area (Å²) >= 11 is 5.76. The number of amides is 1. The van der Waals surface area contributed by atoms with Crippen LogP contribution in [0.25, 0.3) is 10.4 Å². The minimum absolute atomic E-state index is 0.210. The molecule has 0 aliphatic rings. The van der Waals surface area contributed by atoms with Gasteiger partial charge in [0.15, 0.2) is 0 Å². The lowest BCUT2D eigenvalue weighted by Crippen LogP contribution is -2.14. The van der Waals surface area contributed by atoms with E-state index in [1.165, 1.54) is 0 Å². The maximum absolute atomic E-state index is 11.2. The number of nitrogens with zero attached hydrogens (tertiary/aromatic N) is 3. The molecule has 15 heavy (non-hydrogen) atoms. The van der Waals surface area contributed by atoms with Gasteiger partial charge in [-0.1, -0.05) is 16.7 Å². The van der Waals surface area contributed by atoms with E-state index in [1.807, 2.05) is 6.92 Å². The highest BCUT2D eigenvalue weighted by atomic mass is 35.5. The number of hydrogen-bond donors (Lipinski definition) is 1. The Balaban J connectivity index is 2.72. The number of carbonyl (C=O) groups excluding carboxylic acids is 1. The van der Waals surface area contributed by atoms with Crippen molar-refractivity contribution < 1.29 is 4.79 Å². The summed E-state index contributed by atoms with van der Waals surface area (Å²) in [7, 11) is 0. The van der Waals surface area contributed by atoms with Gasteiger partial charge in [-0.25, -0.2) is 0 Å². The Bertz CT molecular complexity index is 426. The van der Waals surface area contributed by atoms with E-state index in [9.17, 15) is 4.79 Å². The molecule has 0 aromatic heterocycles. The van der Waals surface area contributed by atoms with Crippen LogP contribution in [-0.4, -0.2) is 12.5 Å². The molecule has 1 rings (SSSR count). The van der Waals surface area contributed by atoms with Crippen LogP contribution >= 0.6 is 11.6 Å². The standard InChI is InChI=1S/C9H9ClN4O/c1-6-4-7(10)2-3-8(6)13-9(15)5-12-14-11/h2-4H,5H2,1H3,(H,13,15). The Morgan fingerprint density at radius 1 is 1.67 bits per heavy atom. The van der Waals surface area contributed by atoms with Gasteiger partial charge in [0, 0.05) is 15.6 Å². The van der Waals surface area contributed by atoms with Gasteiger partial charge in [-0.15, -0.1) is 0 Å². The van der Waals surface area contributed by atoms with E-state index in [1.54, 1.807) is 18.2 Å². The molecule has 0 atom stereocenters. The molecule has 0 saturated carbocycles. The Labute approximate surface area is 91.7 Å². The number of azide groups is 1. The summed E-state index contributed by atoms with van der Waals surface area (Å²) in [6.45, 7) is 1.62. The third-order valence-corrected chi connectivity index (χ3v) is 1.98. The summed E-state index contributed by atoms with van der Waals surface area (Å²) in [5.74, 6) is -0.349. The van der Waals surface area contributed by atoms with Gasteiger partial charge in [-0.2, -0.15) is 0 Å². The van der Waals surface area contributed by atoms with Gasteiger partial charge in [0.25, 0.3) is 0 Å². The average molecular weight is 225 g/mol. The third kappa shape index (κ3) is 3.50. The van der Waals surface area contributed by atoms with E-state index in [2.05, 4.69) is 15.3 Å². The molecule has 0 spiro atoms. The summed E-state index contributed by atoms with van der Waals surface area (Å²) in [5, 5.41) is 6.38. The van der Waals surface area contributed by atoms with Crippen molar-refractivity contribution >= 4 is 23.2 Å². The zero-order chi connectivity index (χ0) is 11.3. The van der Waals surface area contributed by atoms with Gasteiger partial charge in [-0.3, -0.25) is 4.79 Å². The van der Waals surface area contributed by atoms with Crippen LogP contribution in [0.1, 0.15) is 5.56 Å². The molecule has 0 radical (unpaired) electrons. The molecular formula is C9H9ClN4O. The maximum atomic E-state index is 11.2. The van der Waals surface area contributed by atoms with E-state index in [0.717, 1.165) is 5.56 Å². The lowest BCUT2D eigenvalue weighted by Gasteiger charge is -2.06. The fourth-order valence-electron chi connectivity index (χ4n) is 1.05. The van der Waals surface area contributed by atoms with Crippen LogP contribution in [0.5, 0.6) is 0 Å². The second-order valence-electron chi connectivity index (χ2n) is 2.90. The molecule has 1 aromatic rings. The van der Waals surface area contributed by atoms with Crippen molar-refractivity contribution in [2.75, 3.05) is 11.9 Å². The van der Waals surface area contributed by atoms with Crippen molar-refractivity contribution in [3.8, 4) is 0 Å². The third-order valence-electron chi connectivity index (χ3n) is 1.74. The lowest BCUT2D eigenvalue weighted by molar-refractivity contribution is -0.114. The van der Waals surface area contributed by atoms with Gasteiger partial charge in [0.1, 0.15) is 6.54 Å². The highest BCUT2D eigenvalue weighted by molar-refractivity contribution is 6.30. The average Bonchev–Trinajstić information content (AvgIpc) is 2.19. The zero-order valence-corrected chi connectivity index (χ0v) is 8.82. The normalized spacial score (nSPS) is 9.20. The number of nitrogens with one attached hydrogen (secondary N) is 1. The first-order valence-corrected chi connectivity index (χ1v) is 4.58. The van der Waals surface area contributed by atoms with E-state index >= 15 is 0 Å². The van der Waals surface area contributed by atoms with Crippen molar-refractivity contribution in [3.05, 3.63) is 39.2 Å². The molecule has 78 valence electrons. The van der Waals surface area contributed by atoms with E-state index in [0.29, 0.717) is 10.7 Å². The largest absolute Gasteiger partial charge is 0.326 e. The molecule has 0 bridgehead atoms. The second kappa shape index (κ2) is 5.24. The lowest BCUT2D eigenvalue weighted by atomic mass is 10.2. The monoisotopic (exact) mass is 224 g/mol. The van der Waals surface area contributed by atoms with Crippen molar-refractivity contribution in [3.63, 3.8) is 0 Å². The summed E-state index contributed by atoms with van der Waals surface area (Å²) in [6.07, 6.45) is 0. The Hall–Kier alpha value is -1.71. The molecule has 1 amide bonds. The smallest absolute Gasteiger partial charge is 0.230 e. The van der Waals surface area contributed by atoms with E-state index in [4.69, 9.17) is 17.1 Å². The highest BCUT2D eigenvalue weighted by Gasteiger charge is 2.03. The fourth-order valence-corrected chi connectivity index (χ4v) is 1.28. The number of benzene rings is 1. The predicted octanol–water partition coefficient (Wildman–Crippen LogP) is 2.90. The predicted molar refractivity (Wildman–Crippen MR) is 58.8 cm³/mol. The maximum Gasteiger partial charge on any atom is 0.230 e. The van der Waals surface area contributed by atoms with Crippen LogP contribution in [0.4, 0.5) is 5.69 Å². The molecule has 6 heteroatoms. The van der Waals surface area contributed by atoms with Crippen LogP contribution in [-0.2, 0) is 4.79 Å². The second-order valence-corrected chi connectivity index (χ2v) is 3.33. The first-order valence-electron chi connectivity index (χ1n) is 4.20. The summed E-state index contributed by atoms with van der Waals surface area (Å²) in [6, 6.07) is 5.12. The SMILES string of the molecule is Cc1cc(Cl)ccc1NC(=O)CN=[N+]=[N-]. The van der Waals surface area contributed by atoms with Crippen molar-refractivity contribution in [1.82, 2.24) is 0 Å². The quantitative estimate of drug-likeness (QED) is 0.478. The molecular weight excluding hydrogens is 216 g/mol. The Kier molecular flexibility index (Phi) is 3.97. The number of carbonyl (C=O) groups is 1. The fraction of sp³-hybridized carbons (Fsp3) is 0.222. The van der Waals surface area contributed by atoms with E-state index in [-0.39, 0.29) is 12.5 Å². The van der Waals surface area contributed by atoms with Gasteiger partial charge >= 0.3 is 0 Å². The van der Waals surface area contributed by atoms with Crippen LogP contribution in [0.15, 0.2) is 23.3 Å². The van der Waals surface area contributed by atoms with Gasteiger partial charge < -0.3 is 5.32 Å². The summed E-state index contributed by atoms with van der Waals surface area (Å²) < 4.78 is 0. The number of aryl methyl sites for hydroxylation is 1. The minimum atomic E-state index is -0.349. The molecule has 0 heterocycles. The molecule has 5 nitrogen and oxygen atoms in total. The topological polar surface area (TPSA) is 77.9 Å². The minimum Gasteiger partial charge on any atom is -0.326 e. The van der Waals surface area contributed by atoms with Crippen molar-refractivity contribution in [2.45, 2.75) is 6.92 Å². The van der Waals surface area contributed by atoms with E-state index < -0.39 is 0 Å². The number of halogens is 1.